The first-order chi connectivity index (χ1) is 10.1. The lowest BCUT2D eigenvalue weighted by atomic mass is 10.0. The van der Waals surface area contributed by atoms with Crippen LogP contribution in [0.1, 0.15) is 62.3 Å². The number of fused-ring (bicyclic) bond motifs is 1. The maximum Gasteiger partial charge on any atom is 0.116 e. The Labute approximate surface area is 127 Å². The highest BCUT2D eigenvalue weighted by atomic mass is 15.1. The predicted octanol–water partition coefficient (Wildman–Crippen LogP) is 3.76. The Morgan fingerprint density at radius 1 is 1.05 bits per heavy atom. The lowest BCUT2D eigenvalue weighted by molar-refractivity contribution is 0.619. The Bertz CT molecular complexity index is 621. The van der Waals surface area contributed by atoms with Gasteiger partial charge in [-0.1, -0.05) is 39.8 Å². The van der Waals surface area contributed by atoms with E-state index in [2.05, 4.69) is 61.8 Å². The van der Waals surface area contributed by atoms with Gasteiger partial charge in [0.05, 0.1) is 5.69 Å². The van der Waals surface area contributed by atoms with Gasteiger partial charge in [-0.15, -0.1) is 0 Å². The van der Waals surface area contributed by atoms with E-state index in [1.54, 1.807) is 0 Å². The molecule has 0 spiro atoms. The van der Waals surface area contributed by atoms with Gasteiger partial charge in [0.15, 0.2) is 0 Å². The van der Waals surface area contributed by atoms with E-state index in [4.69, 9.17) is 4.98 Å². The molecule has 0 fully saturated rings. The number of nitrogens with zero attached hydrogens (tertiary/aromatic N) is 2. The molecule has 0 unspecified atom stereocenters. The van der Waals surface area contributed by atoms with Crippen LogP contribution in [-0.4, -0.2) is 16.1 Å². The van der Waals surface area contributed by atoms with Crippen molar-refractivity contribution >= 4 is 0 Å². The zero-order chi connectivity index (χ0) is 15.0. The van der Waals surface area contributed by atoms with Gasteiger partial charge in [0.25, 0.3) is 0 Å². The second kappa shape index (κ2) is 5.64. The highest BCUT2D eigenvalue weighted by Crippen LogP contribution is 2.27. The summed E-state index contributed by atoms with van der Waals surface area (Å²) in [7, 11) is 0. The van der Waals surface area contributed by atoms with Crippen LogP contribution in [-0.2, 0) is 13.0 Å². The summed E-state index contributed by atoms with van der Waals surface area (Å²) in [4.78, 5) is 4.88. The summed E-state index contributed by atoms with van der Waals surface area (Å²) >= 11 is 0. The Kier molecular flexibility index (Phi) is 3.85. The van der Waals surface area contributed by atoms with Gasteiger partial charge < -0.3 is 9.88 Å². The summed E-state index contributed by atoms with van der Waals surface area (Å²) in [5, 5.41) is 3.42. The summed E-state index contributed by atoms with van der Waals surface area (Å²) in [5.74, 6) is 2.19. The fraction of sp³-hybridized carbons (Fsp3) is 0.500. The molecule has 112 valence electrons. The fourth-order valence-electron chi connectivity index (χ4n) is 3.02. The van der Waals surface area contributed by atoms with E-state index in [0.717, 1.165) is 19.5 Å². The number of rotatable bonds is 3. The SMILES string of the molecule is CC(C)c1ccc(-n2c(C(C)C)nc3c2CCNC3)cc1. The lowest BCUT2D eigenvalue weighted by Crippen LogP contribution is -2.24. The van der Waals surface area contributed by atoms with Gasteiger partial charge in [-0.05, 0) is 23.6 Å². The van der Waals surface area contributed by atoms with Crippen LogP contribution < -0.4 is 5.32 Å². The van der Waals surface area contributed by atoms with Crippen LogP contribution >= 0.6 is 0 Å². The van der Waals surface area contributed by atoms with E-state index >= 15 is 0 Å². The molecule has 1 aliphatic heterocycles. The number of nitrogens with one attached hydrogen (secondary N) is 1. The number of hydrogen-bond donors (Lipinski definition) is 1. The van der Waals surface area contributed by atoms with Crippen molar-refractivity contribution in [2.75, 3.05) is 6.54 Å². The van der Waals surface area contributed by atoms with Crippen molar-refractivity contribution in [3.8, 4) is 5.69 Å². The minimum Gasteiger partial charge on any atom is -0.311 e. The molecule has 0 atom stereocenters. The molecule has 1 N–H and O–H groups in total. The van der Waals surface area contributed by atoms with E-state index in [1.807, 2.05) is 0 Å². The van der Waals surface area contributed by atoms with E-state index in [0.29, 0.717) is 11.8 Å². The van der Waals surface area contributed by atoms with Crippen LogP contribution in [0.5, 0.6) is 0 Å². The highest BCUT2D eigenvalue weighted by molar-refractivity contribution is 5.41. The molecule has 1 aliphatic rings. The van der Waals surface area contributed by atoms with Crippen LogP contribution in [0.4, 0.5) is 0 Å². The Morgan fingerprint density at radius 2 is 1.76 bits per heavy atom. The quantitative estimate of drug-likeness (QED) is 0.929. The molecule has 3 rings (SSSR count). The average molecular weight is 283 g/mol. The van der Waals surface area contributed by atoms with E-state index in [1.165, 1.54) is 28.5 Å². The molecule has 0 aliphatic carbocycles. The predicted molar refractivity (Wildman–Crippen MR) is 87.2 cm³/mol. The summed E-state index contributed by atoms with van der Waals surface area (Å²) in [6.07, 6.45) is 1.06. The van der Waals surface area contributed by atoms with Crippen LogP contribution in [0.15, 0.2) is 24.3 Å². The first-order valence-electron chi connectivity index (χ1n) is 7.99. The smallest absolute Gasteiger partial charge is 0.116 e. The van der Waals surface area contributed by atoms with Crippen molar-refractivity contribution in [3.05, 3.63) is 47.0 Å². The van der Waals surface area contributed by atoms with Gasteiger partial charge in [-0.25, -0.2) is 4.98 Å². The molecular formula is C18H25N3. The first kappa shape index (κ1) is 14.3. The van der Waals surface area contributed by atoms with Gasteiger partial charge in [0, 0.05) is 36.8 Å². The molecule has 0 bridgehead atoms. The molecule has 1 aromatic heterocycles. The standard InChI is InChI=1S/C18H25N3/c1-12(2)14-5-7-15(8-6-14)21-17-9-10-19-11-16(17)20-18(21)13(3)4/h5-8,12-13,19H,9-11H2,1-4H3. The summed E-state index contributed by atoms with van der Waals surface area (Å²) in [6, 6.07) is 8.98. The van der Waals surface area contributed by atoms with Crippen molar-refractivity contribution in [1.82, 2.24) is 14.9 Å². The van der Waals surface area contributed by atoms with Gasteiger partial charge >= 0.3 is 0 Å². The molecule has 2 heterocycles. The molecule has 0 amide bonds. The largest absolute Gasteiger partial charge is 0.311 e. The highest BCUT2D eigenvalue weighted by Gasteiger charge is 2.22. The second-order valence-corrected chi connectivity index (χ2v) is 6.53. The maximum atomic E-state index is 4.88. The molecule has 21 heavy (non-hydrogen) atoms. The minimum absolute atomic E-state index is 0.431. The molecule has 2 aromatic rings. The Balaban J connectivity index is 2.09. The zero-order valence-electron chi connectivity index (χ0n) is 13.5. The fourth-order valence-corrected chi connectivity index (χ4v) is 3.02. The average Bonchev–Trinajstić information content (AvgIpc) is 2.87. The Morgan fingerprint density at radius 3 is 2.38 bits per heavy atom. The third-order valence-corrected chi connectivity index (χ3v) is 4.25. The van der Waals surface area contributed by atoms with Crippen molar-refractivity contribution in [2.45, 2.75) is 52.5 Å². The molecule has 0 radical (unpaired) electrons. The van der Waals surface area contributed by atoms with Crippen LogP contribution in [0, 0.1) is 0 Å². The van der Waals surface area contributed by atoms with E-state index in [9.17, 15) is 0 Å². The van der Waals surface area contributed by atoms with E-state index < -0.39 is 0 Å². The van der Waals surface area contributed by atoms with Crippen LogP contribution in [0.2, 0.25) is 0 Å². The third kappa shape index (κ3) is 2.62. The first-order valence-corrected chi connectivity index (χ1v) is 7.99. The van der Waals surface area contributed by atoms with Gasteiger partial charge in [0.1, 0.15) is 5.82 Å². The van der Waals surface area contributed by atoms with E-state index in [-0.39, 0.29) is 0 Å². The molecular weight excluding hydrogens is 258 g/mol. The topological polar surface area (TPSA) is 29.9 Å². The van der Waals surface area contributed by atoms with Crippen LogP contribution in [0.3, 0.4) is 0 Å². The molecule has 1 aromatic carbocycles. The number of aromatic nitrogens is 2. The van der Waals surface area contributed by atoms with Gasteiger partial charge in [-0.3, -0.25) is 0 Å². The summed E-state index contributed by atoms with van der Waals surface area (Å²) in [6.45, 7) is 10.9. The van der Waals surface area contributed by atoms with Crippen LogP contribution in [0.25, 0.3) is 5.69 Å². The maximum absolute atomic E-state index is 4.88. The van der Waals surface area contributed by atoms with Gasteiger partial charge in [0.2, 0.25) is 0 Å². The molecule has 0 saturated carbocycles. The molecule has 0 saturated heterocycles. The molecule has 3 nitrogen and oxygen atoms in total. The van der Waals surface area contributed by atoms with Crippen molar-refractivity contribution in [1.29, 1.82) is 0 Å². The normalized spacial score (nSPS) is 14.8. The number of imidazole rings is 1. The monoisotopic (exact) mass is 283 g/mol. The number of hydrogen-bond acceptors (Lipinski definition) is 2. The van der Waals surface area contributed by atoms with Crippen molar-refractivity contribution in [3.63, 3.8) is 0 Å². The van der Waals surface area contributed by atoms with Crippen molar-refractivity contribution < 1.29 is 0 Å². The molecule has 3 heteroatoms. The van der Waals surface area contributed by atoms with Crippen molar-refractivity contribution in [2.24, 2.45) is 0 Å². The summed E-state index contributed by atoms with van der Waals surface area (Å²) < 4.78 is 2.38. The summed E-state index contributed by atoms with van der Waals surface area (Å²) in [5.41, 5.74) is 5.24. The second-order valence-electron chi connectivity index (χ2n) is 6.53. The zero-order valence-corrected chi connectivity index (χ0v) is 13.5. The Hall–Kier alpha value is -1.61. The lowest BCUT2D eigenvalue weighted by Gasteiger charge is -2.18. The van der Waals surface area contributed by atoms with Gasteiger partial charge in [-0.2, -0.15) is 0 Å². The number of benzene rings is 1. The third-order valence-electron chi connectivity index (χ3n) is 4.25. The minimum atomic E-state index is 0.431.